The third kappa shape index (κ3) is 1.25. The molecule has 0 amide bonds. The fraction of sp³-hybridized carbons (Fsp3) is 0. The summed E-state index contributed by atoms with van der Waals surface area (Å²) in [6.45, 7) is 0. The number of carbonyl (C=O) groups is 3. The first kappa shape index (κ1) is 9.76. The molecule has 1 aromatic rings. The van der Waals surface area contributed by atoms with Gasteiger partial charge >= 0.3 is 99.3 Å². The van der Waals surface area contributed by atoms with Crippen LogP contribution >= 0.6 is 0 Å². The van der Waals surface area contributed by atoms with Crippen molar-refractivity contribution in [2.45, 2.75) is 0 Å². The van der Waals surface area contributed by atoms with Crippen molar-refractivity contribution < 1.29 is 22.4 Å². The minimum absolute atomic E-state index is 0.0463. The van der Waals surface area contributed by atoms with Crippen LogP contribution in [0.15, 0.2) is 18.2 Å². The van der Waals surface area contributed by atoms with Gasteiger partial charge in [-0.1, -0.05) is 0 Å². The van der Waals surface area contributed by atoms with E-state index < -0.39 is 42.0 Å². The number of benzene rings is 1. The predicted molar refractivity (Wildman–Crippen MR) is 48.4 cm³/mol. The summed E-state index contributed by atoms with van der Waals surface area (Å²) < 4.78 is 14.6. The first-order valence-corrected chi connectivity index (χ1v) is 9.09. The molecule has 1 aromatic carbocycles. The van der Waals surface area contributed by atoms with Crippen molar-refractivity contribution in [3.63, 3.8) is 0 Å². The van der Waals surface area contributed by atoms with Gasteiger partial charge in [0, 0.05) is 0 Å². The topological polar surface area (TPSA) is 78.9 Å². The molecule has 0 aromatic heterocycles. The van der Waals surface area contributed by atoms with Gasteiger partial charge in [0.1, 0.15) is 0 Å². The molecule has 2 aliphatic rings. The van der Waals surface area contributed by atoms with Gasteiger partial charge in [0.15, 0.2) is 0 Å². The van der Waals surface area contributed by atoms with E-state index in [1.54, 1.807) is 0 Å². The summed E-state index contributed by atoms with van der Waals surface area (Å²) in [5.74, 6) is -2.01. The molecular formula is C9H3O6Pb. The maximum absolute atomic E-state index is 11.6. The van der Waals surface area contributed by atoms with Gasteiger partial charge in [-0.3, -0.25) is 0 Å². The van der Waals surface area contributed by atoms with E-state index in [1.165, 1.54) is 18.2 Å². The predicted octanol–water partition coefficient (Wildman–Crippen LogP) is 0.169. The number of hydrogen-bond donors (Lipinski definition) is 0. The zero-order valence-electron chi connectivity index (χ0n) is 7.68. The van der Waals surface area contributed by atoms with Crippen molar-refractivity contribution in [2.75, 3.05) is 0 Å². The molecule has 0 fully saturated rings. The second-order valence-electron chi connectivity index (χ2n) is 3.15. The van der Waals surface area contributed by atoms with E-state index in [1.807, 2.05) is 0 Å². The standard InChI is InChI=1S/C9H6O6.Pb/c10-7(11)4-2-1-3-5(8(12)13)6(4)9(14)15;/h1-3H,(H,10,11)(H,12,13)(H,14,15);/q;+3/p-3. The van der Waals surface area contributed by atoms with Crippen LogP contribution in [-0.4, -0.2) is 42.0 Å². The van der Waals surface area contributed by atoms with E-state index in [0.717, 1.165) is 0 Å². The average Bonchev–Trinajstić information content (AvgIpc) is 2.44. The Bertz CT molecular complexity index is 498. The molecule has 0 saturated carbocycles. The van der Waals surface area contributed by atoms with Gasteiger partial charge in [-0.05, 0) is 0 Å². The SMILES string of the molecule is O=C1[O][Pb]2[O]C(=O)c3cccc1c3C(=O)[O]2. The monoisotopic (exact) mass is 415 g/mol. The summed E-state index contributed by atoms with van der Waals surface area (Å²) in [5, 5.41) is 0. The van der Waals surface area contributed by atoms with E-state index in [9.17, 15) is 14.4 Å². The molecule has 0 aliphatic carbocycles. The summed E-state index contributed by atoms with van der Waals surface area (Å²) in [4.78, 5) is 34.8. The average molecular weight is 414 g/mol. The first-order chi connectivity index (χ1) is 7.66. The summed E-state index contributed by atoms with van der Waals surface area (Å²) in [6.07, 6.45) is 0. The van der Waals surface area contributed by atoms with Crippen LogP contribution in [0.25, 0.3) is 0 Å². The molecule has 7 heteroatoms. The fourth-order valence-electron chi connectivity index (χ4n) is 1.56. The molecule has 79 valence electrons. The molecule has 16 heavy (non-hydrogen) atoms. The molecule has 2 bridgehead atoms. The molecule has 0 spiro atoms. The second kappa shape index (κ2) is 3.27. The molecule has 0 saturated heterocycles. The van der Waals surface area contributed by atoms with Crippen LogP contribution in [0.3, 0.4) is 0 Å². The Morgan fingerprint density at radius 3 is 1.88 bits per heavy atom. The van der Waals surface area contributed by atoms with Gasteiger partial charge < -0.3 is 0 Å². The zero-order chi connectivity index (χ0) is 11.3. The van der Waals surface area contributed by atoms with Gasteiger partial charge in [0.05, 0.1) is 0 Å². The molecule has 0 unspecified atom stereocenters. The van der Waals surface area contributed by atoms with E-state index in [-0.39, 0.29) is 16.7 Å². The Hall–Kier alpha value is -1.45. The van der Waals surface area contributed by atoms with Crippen LogP contribution in [-0.2, 0) is 8.06 Å². The summed E-state index contributed by atoms with van der Waals surface area (Å²) in [7, 11) is 0. The van der Waals surface area contributed by atoms with Crippen molar-refractivity contribution in [1.82, 2.24) is 0 Å². The van der Waals surface area contributed by atoms with Crippen LogP contribution in [0, 0.1) is 0 Å². The molecule has 1 radical (unpaired) electrons. The molecule has 2 heterocycles. The first-order valence-electron chi connectivity index (χ1n) is 4.33. The zero-order valence-corrected chi connectivity index (χ0v) is 11.6. The Morgan fingerprint density at radius 1 is 0.812 bits per heavy atom. The van der Waals surface area contributed by atoms with Crippen LogP contribution in [0.5, 0.6) is 0 Å². The number of rotatable bonds is 0. The number of fused-ring (bicyclic) bond motifs is 2. The van der Waals surface area contributed by atoms with Crippen LogP contribution in [0.4, 0.5) is 0 Å². The summed E-state index contributed by atoms with van der Waals surface area (Å²) in [5.41, 5.74) is 0.0910. The van der Waals surface area contributed by atoms with Crippen LogP contribution < -0.4 is 0 Å². The minimum atomic E-state index is -3.79. The van der Waals surface area contributed by atoms with Crippen molar-refractivity contribution in [2.24, 2.45) is 0 Å². The van der Waals surface area contributed by atoms with Crippen molar-refractivity contribution in [3.8, 4) is 0 Å². The van der Waals surface area contributed by atoms with Crippen molar-refractivity contribution >= 4 is 42.0 Å². The van der Waals surface area contributed by atoms with E-state index in [4.69, 9.17) is 8.06 Å². The van der Waals surface area contributed by atoms with Gasteiger partial charge in [0.25, 0.3) is 0 Å². The Labute approximate surface area is 99.2 Å². The normalized spacial score (nSPS) is 18.4. The third-order valence-corrected chi connectivity index (χ3v) is 6.34. The Kier molecular flexibility index (Phi) is 1.99. The molecule has 0 atom stereocenters. The van der Waals surface area contributed by atoms with Crippen molar-refractivity contribution in [1.29, 1.82) is 0 Å². The molecule has 2 aliphatic heterocycles. The van der Waals surface area contributed by atoms with Gasteiger partial charge in [-0.15, -0.1) is 0 Å². The quantitative estimate of drug-likeness (QED) is 0.564. The third-order valence-electron chi connectivity index (χ3n) is 2.24. The number of carbonyl (C=O) groups excluding carboxylic acids is 3. The summed E-state index contributed by atoms with van der Waals surface area (Å²) in [6, 6.07) is 4.34. The molecular weight excluding hydrogens is 411 g/mol. The van der Waals surface area contributed by atoms with E-state index in [2.05, 4.69) is 0 Å². The molecule has 0 N–H and O–H groups in total. The maximum atomic E-state index is 11.6. The van der Waals surface area contributed by atoms with Gasteiger partial charge in [0.2, 0.25) is 0 Å². The Balaban J connectivity index is 2.39. The van der Waals surface area contributed by atoms with Crippen LogP contribution in [0.2, 0.25) is 0 Å². The van der Waals surface area contributed by atoms with Gasteiger partial charge in [-0.25, -0.2) is 0 Å². The fourth-order valence-corrected chi connectivity index (χ4v) is 5.07. The van der Waals surface area contributed by atoms with Crippen molar-refractivity contribution in [3.05, 3.63) is 34.9 Å². The van der Waals surface area contributed by atoms with E-state index >= 15 is 0 Å². The Morgan fingerprint density at radius 2 is 1.31 bits per heavy atom. The van der Waals surface area contributed by atoms with E-state index in [0.29, 0.717) is 0 Å². The second-order valence-corrected chi connectivity index (χ2v) is 7.47. The molecule has 6 nitrogen and oxygen atoms in total. The number of hydrogen-bond acceptors (Lipinski definition) is 6. The molecule has 3 rings (SSSR count). The van der Waals surface area contributed by atoms with Crippen LogP contribution in [0.1, 0.15) is 31.1 Å². The summed E-state index contributed by atoms with van der Waals surface area (Å²) >= 11 is -3.79. The van der Waals surface area contributed by atoms with Gasteiger partial charge in [-0.2, -0.15) is 0 Å².